The van der Waals surface area contributed by atoms with E-state index < -0.39 is 48.4 Å². The first-order valence-electron chi connectivity index (χ1n) is 8.04. The molecule has 0 aromatic carbocycles. The van der Waals surface area contributed by atoms with Crippen LogP contribution in [-0.2, 0) is 19.1 Å². The van der Waals surface area contributed by atoms with Gasteiger partial charge in [-0.15, -0.1) is 0 Å². The number of hydrogen-bond donors (Lipinski definition) is 4. The molecule has 146 valence electrons. The molecule has 26 heavy (non-hydrogen) atoms. The molecule has 2 heterocycles. The molecule has 1 aliphatic rings. The van der Waals surface area contributed by atoms with Crippen LogP contribution in [-0.4, -0.2) is 68.0 Å². The van der Waals surface area contributed by atoms with Crippen molar-refractivity contribution in [2.24, 2.45) is 0 Å². The second-order valence-corrected chi connectivity index (χ2v) is 6.17. The van der Waals surface area contributed by atoms with Crippen molar-refractivity contribution in [3.05, 3.63) is 22.7 Å². The minimum Gasteiger partial charge on any atom is -0.394 e. The van der Waals surface area contributed by atoms with Gasteiger partial charge in [0.1, 0.15) is 18.3 Å². The molecule has 0 bridgehead atoms. The summed E-state index contributed by atoms with van der Waals surface area (Å²) in [5.74, 6) is -0.743. The maximum Gasteiger partial charge on any atom is 0.363 e. The van der Waals surface area contributed by atoms with Crippen LogP contribution in [0.1, 0.15) is 27.0 Å². The Morgan fingerprint density at radius 2 is 2.12 bits per heavy atom. The molecular weight excluding hydrogens is 350 g/mol. The molecule has 2 rings (SSSR count). The van der Waals surface area contributed by atoms with Gasteiger partial charge in [-0.2, -0.15) is 4.98 Å². The highest BCUT2D eigenvalue weighted by Gasteiger charge is 2.43. The number of nitrogens with one attached hydrogen (secondary N) is 1. The maximum absolute atomic E-state index is 12.1. The topological polar surface area (TPSA) is 152 Å². The van der Waals surface area contributed by atoms with E-state index in [2.05, 4.69) is 10.5 Å². The van der Waals surface area contributed by atoms with Crippen LogP contribution < -0.4 is 11.2 Å². The van der Waals surface area contributed by atoms with Gasteiger partial charge in [0, 0.05) is 18.9 Å². The number of hydrogen-bond acceptors (Lipinski definition) is 10. The van der Waals surface area contributed by atoms with Crippen LogP contribution in [0.4, 0.5) is 5.82 Å². The zero-order valence-corrected chi connectivity index (χ0v) is 14.7. The molecule has 0 saturated carbocycles. The molecule has 0 aliphatic carbocycles. The van der Waals surface area contributed by atoms with Crippen LogP contribution in [0.5, 0.6) is 0 Å². The highest BCUT2D eigenvalue weighted by Crippen LogP contribution is 2.28. The SMILES string of the molecule is CCOC(C)(C)C(=O)ONc1ccn([C@@H]2O[C@H](CO)[C@@H](O)[C@H]2O)c(=O)n1. The number of aliphatic hydroxyl groups is 3. The number of carbonyl (C=O) groups excluding carboxylic acids is 1. The molecule has 0 unspecified atom stereocenters. The Bertz CT molecular complexity index is 692. The summed E-state index contributed by atoms with van der Waals surface area (Å²) in [6.45, 7) is 4.62. The van der Waals surface area contributed by atoms with E-state index in [0.717, 1.165) is 4.57 Å². The van der Waals surface area contributed by atoms with Crippen molar-refractivity contribution in [2.45, 2.75) is 50.9 Å². The highest BCUT2D eigenvalue weighted by atomic mass is 16.7. The van der Waals surface area contributed by atoms with Gasteiger partial charge >= 0.3 is 11.7 Å². The van der Waals surface area contributed by atoms with Crippen LogP contribution in [0.25, 0.3) is 0 Å². The Balaban J connectivity index is 2.06. The minimum atomic E-state index is -1.41. The van der Waals surface area contributed by atoms with Crippen LogP contribution in [0.3, 0.4) is 0 Å². The number of rotatable bonds is 7. The van der Waals surface area contributed by atoms with Crippen molar-refractivity contribution in [2.75, 3.05) is 18.7 Å². The third-order valence-corrected chi connectivity index (χ3v) is 3.87. The second-order valence-electron chi connectivity index (χ2n) is 6.17. The van der Waals surface area contributed by atoms with Gasteiger partial charge in [0.05, 0.1) is 6.61 Å². The quantitative estimate of drug-likeness (QED) is 0.417. The number of anilines is 1. The monoisotopic (exact) mass is 373 g/mol. The smallest absolute Gasteiger partial charge is 0.363 e. The summed E-state index contributed by atoms with van der Waals surface area (Å²) in [5.41, 5.74) is 0.273. The van der Waals surface area contributed by atoms with E-state index in [4.69, 9.17) is 19.4 Å². The summed E-state index contributed by atoms with van der Waals surface area (Å²) in [4.78, 5) is 32.6. The molecule has 1 aromatic rings. The predicted molar refractivity (Wildman–Crippen MR) is 86.9 cm³/mol. The zero-order valence-electron chi connectivity index (χ0n) is 14.7. The molecule has 0 spiro atoms. The van der Waals surface area contributed by atoms with Crippen LogP contribution >= 0.6 is 0 Å². The maximum atomic E-state index is 12.1. The number of aliphatic hydroxyl groups excluding tert-OH is 3. The molecule has 4 N–H and O–H groups in total. The predicted octanol–water partition coefficient (Wildman–Crippen LogP) is -1.46. The average Bonchev–Trinajstić information content (AvgIpc) is 2.87. The van der Waals surface area contributed by atoms with E-state index in [1.54, 1.807) is 6.92 Å². The minimum absolute atomic E-state index is 0.0429. The summed E-state index contributed by atoms with van der Waals surface area (Å²) in [6, 6.07) is 1.32. The fourth-order valence-electron chi connectivity index (χ4n) is 2.41. The number of ether oxygens (including phenoxy) is 2. The standard InChI is InChI=1S/C15H23N3O8/c1-4-24-15(2,3)13(22)26-17-9-5-6-18(14(23)16-9)12-11(21)10(20)8(7-19)25-12/h5-6,8,10-12,19-21H,4,7H2,1-3H3,(H,16,17,23)/t8-,10-,11-,12-/m1/s1. The molecular formula is C15H23N3O8. The molecule has 0 amide bonds. The van der Waals surface area contributed by atoms with Crippen LogP contribution in [0, 0.1) is 0 Å². The fourth-order valence-corrected chi connectivity index (χ4v) is 2.41. The van der Waals surface area contributed by atoms with Gasteiger partial charge in [-0.25, -0.2) is 15.1 Å². The molecule has 1 aromatic heterocycles. The van der Waals surface area contributed by atoms with Crippen molar-refractivity contribution < 1.29 is 34.4 Å². The van der Waals surface area contributed by atoms with Crippen LogP contribution in [0.15, 0.2) is 17.1 Å². The van der Waals surface area contributed by atoms with Crippen molar-refractivity contribution in [1.82, 2.24) is 9.55 Å². The Morgan fingerprint density at radius 3 is 2.65 bits per heavy atom. The van der Waals surface area contributed by atoms with Gasteiger partial charge < -0.3 is 29.6 Å². The molecule has 1 fully saturated rings. The van der Waals surface area contributed by atoms with Gasteiger partial charge in [-0.1, -0.05) is 0 Å². The van der Waals surface area contributed by atoms with Crippen molar-refractivity contribution in [3.63, 3.8) is 0 Å². The van der Waals surface area contributed by atoms with Gasteiger partial charge in [0.15, 0.2) is 17.6 Å². The fraction of sp³-hybridized carbons (Fsp3) is 0.667. The summed E-state index contributed by atoms with van der Waals surface area (Å²) in [5, 5.41) is 28.8. The molecule has 1 aliphatic heterocycles. The van der Waals surface area contributed by atoms with Gasteiger partial charge in [-0.3, -0.25) is 4.57 Å². The van der Waals surface area contributed by atoms with Crippen molar-refractivity contribution >= 4 is 11.8 Å². The molecule has 11 nitrogen and oxygen atoms in total. The lowest BCUT2D eigenvalue weighted by atomic mass is 10.1. The van der Waals surface area contributed by atoms with E-state index in [-0.39, 0.29) is 5.82 Å². The average molecular weight is 373 g/mol. The number of carbonyl (C=O) groups is 1. The third kappa shape index (κ3) is 4.19. The second kappa shape index (κ2) is 8.10. The zero-order chi connectivity index (χ0) is 19.5. The van der Waals surface area contributed by atoms with Gasteiger partial charge in [0.2, 0.25) is 0 Å². The molecule has 11 heteroatoms. The third-order valence-electron chi connectivity index (χ3n) is 3.87. The number of nitrogens with zero attached hydrogens (tertiary/aromatic N) is 2. The first-order chi connectivity index (χ1) is 12.2. The Kier molecular flexibility index (Phi) is 6.31. The Hall–Kier alpha value is -2.05. The van der Waals surface area contributed by atoms with Crippen molar-refractivity contribution in [3.8, 4) is 0 Å². The lowest BCUT2D eigenvalue weighted by molar-refractivity contribution is -0.164. The first-order valence-corrected chi connectivity index (χ1v) is 8.04. The van der Waals surface area contributed by atoms with E-state index in [9.17, 15) is 19.8 Å². The number of aromatic nitrogens is 2. The summed E-state index contributed by atoms with van der Waals surface area (Å²) >= 11 is 0. The largest absolute Gasteiger partial charge is 0.394 e. The first kappa shape index (κ1) is 20.3. The van der Waals surface area contributed by atoms with E-state index in [0.29, 0.717) is 6.61 Å². The Morgan fingerprint density at radius 1 is 1.42 bits per heavy atom. The Labute approximate surface area is 149 Å². The van der Waals surface area contributed by atoms with Gasteiger partial charge in [0.25, 0.3) is 0 Å². The molecule has 0 radical (unpaired) electrons. The summed E-state index contributed by atoms with van der Waals surface area (Å²) < 4.78 is 11.5. The molecule has 1 saturated heterocycles. The van der Waals surface area contributed by atoms with E-state index in [1.165, 1.54) is 26.1 Å². The normalized spacial score (nSPS) is 25.9. The van der Waals surface area contributed by atoms with Gasteiger partial charge in [-0.05, 0) is 20.8 Å². The van der Waals surface area contributed by atoms with Crippen LogP contribution in [0.2, 0.25) is 0 Å². The highest BCUT2D eigenvalue weighted by molar-refractivity contribution is 5.79. The van der Waals surface area contributed by atoms with Crippen molar-refractivity contribution in [1.29, 1.82) is 0 Å². The summed E-state index contributed by atoms with van der Waals surface area (Å²) in [6.07, 6.45) is -3.71. The lowest BCUT2D eigenvalue weighted by Gasteiger charge is -2.22. The van der Waals surface area contributed by atoms with E-state index >= 15 is 0 Å². The lowest BCUT2D eigenvalue weighted by Crippen LogP contribution is -2.38. The molecule has 4 atom stereocenters. The van der Waals surface area contributed by atoms with E-state index in [1.807, 2.05) is 0 Å². The summed E-state index contributed by atoms with van der Waals surface area (Å²) in [7, 11) is 0.